The van der Waals surface area contributed by atoms with Crippen LogP contribution in [-0.2, 0) is 14.4 Å². The Balaban J connectivity index is 2.24. The number of nitrogens with zero attached hydrogens (tertiary/aromatic N) is 1. The summed E-state index contributed by atoms with van der Waals surface area (Å²) < 4.78 is 0.121. The third kappa shape index (κ3) is 4.21. The van der Waals surface area contributed by atoms with E-state index in [0.717, 1.165) is 27.8 Å². The molecule has 1 aliphatic rings. The van der Waals surface area contributed by atoms with Crippen molar-refractivity contribution in [3.63, 3.8) is 0 Å². The molecule has 1 atom stereocenters. The molecule has 0 spiro atoms. The molecular formula is C16H15NO5S2. The van der Waals surface area contributed by atoms with Crippen LogP contribution in [0.25, 0.3) is 6.08 Å². The molecule has 2 N–H and O–H groups in total. The van der Waals surface area contributed by atoms with Gasteiger partial charge in [0.05, 0.1) is 4.91 Å². The van der Waals surface area contributed by atoms with E-state index in [1.165, 1.54) is 0 Å². The Bertz CT molecular complexity index is 726. The minimum Gasteiger partial charge on any atom is -0.481 e. The van der Waals surface area contributed by atoms with Crippen LogP contribution >= 0.6 is 24.0 Å². The first kappa shape index (κ1) is 18.2. The standard InChI is InChI=1S/C16H15NO5S2/c1-9-2-4-10(5-3-9)8-12-14(20)17(16(23)24-12)11(15(21)22)6-7-13(18)19/h2-5,8,11H,6-7H2,1H3,(H,18,19)(H,21,22)/b12-8-. The number of thiocarbonyl (C=S) groups is 1. The first-order valence-corrected chi connectivity index (χ1v) is 8.30. The zero-order valence-electron chi connectivity index (χ0n) is 12.8. The van der Waals surface area contributed by atoms with Gasteiger partial charge in [0.15, 0.2) is 0 Å². The van der Waals surface area contributed by atoms with Gasteiger partial charge in [-0.3, -0.25) is 14.5 Å². The van der Waals surface area contributed by atoms with Gasteiger partial charge in [-0.05, 0) is 25.0 Å². The van der Waals surface area contributed by atoms with Crippen LogP contribution in [0.15, 0.2) is 29.2 Å². The molecule has 1 fully saturated rings. The monoisotopic (exact) mass is 365 g/mol. The summed E-state index contributed by atoms with van der Waals surface area (Å²) in [5.41, 5.74) is 1.89. The van der Waals surface area contributed by atoms with Gasteiger partial charge >= 0.3 is 11.9 Å². The largest absolute Gasteiger partial charge is 0.481 e. The lowest BCUT2D eigenvalue weighted by atomic mass is 10.1. The van der Waals surface area contributed by atoms with Crippen molar-refractivity contribution in [2.24, 2.45) is 0 Å². The van der Waals surface area contributed by atoms with E-state index in [2.05, 4.69) is 0 Å². The number of thioether (sulfide) groups is 1. The molecule has 8 heteroatoms. The van der Waals surface area contributed by atoms with E-state index in [0.29, 0.717) is 4.91 Å². The Hall–Kier alpha value is -2.19. The summed E-state index contributed by atoms with van der Waals surface area (Å²) in [4.78, 5) is 35.9. The summed E-state index contributed by atoms with van der Waals surface area (Å²) >= 11 is 6.14. The SMILES string of the molecule is Cc1ccc(/C=C2\SC(=S)N(C(CCC(=O)O)C(=O)O)C2=O)cc1. The minimum atomic E-state index is -1.28. The third-order valence-electron chi connectivity index (χ3n) is 3.43. The Kier molecular flexibility index (Phi) is 5.74. The number of rotatable bonds is 6. The number of hydrogen-bond donors (Lipinski definition) is 2. The number of benzene rings is 1. The van der Waals surface area contributed by atoms with E-state index in [-0.39, 0.29) is 17.2 Å². The number of aryl methyl sites for hydroxylation is 1. The molecule has 0 radical (unpaired) electrons. The Morgan fingerprint density at radius 2 is 1.92 bits per heavy atom. The number of aliphatic carboxylic acids is 2. The molecule has 1 aromatic rings. The lowest BCUT2D eigenvalue weighted by Gasteiger charge is -2.22. The van der Waals surface area contributed by atoms with Crippen molar-refractivity contribution in [1.82, 2.24) is 4.90 Å². The number of carbonyl (C=O) groups excluding carboxylic acids is 1. The van der Waals surface area contributed by atoms with Crippen LogP contribution in [0.2, 0.25) is 0 Å². The maximum atomic E-state index is 12.5. The summed E-state index contributed by atoms with van der Waals surface area (Å²) in [6.45, 7) is 1.95. The number of hydrogen-bond acceptors (Lipinski definition) is 5. The first-order valence-electron chi connectivity index (χ1n) is 7.08. The zero-order valence-corrected chi connectivity index (χ0v) is 14.4. The topological polar surface area (TPSA) is 94.9 Å². The predicted octanol–water partition coefficient (Wildman–Crippen LogP) is 2.51. The Labute approximate surface area is 148 Å². The Morgan fingerprint density at radius 1 is 1.29 bits per heavy atom. The van der Waals surface area contributed by atoms with Crippen LogP contribution < -0.4 is 0 Å². The number of carbonyl (C=O) groups is 3. The fraction of sp³-hybridized carbons (Fsp3) is 0.250. The Morgan fingerprint density at radius 3 is 2.46 bits per heavy atom. The van der Waals surface area contributed by atoms with E-state index < -0.39 is 23.9 Å². The summed E-state index contributed by atoms with van der Waals surface area (Å²) in [5.74, 6) is -2.91. The highest BCUT2D eigenvalue weighted by atomic mass is 32.2. The second kappa shape index (κ2) is 7.59. The quantitative estimate of drug-likeness (QED) is 0.591. The van der Waals surface area contributed by atoms with Crippen molar-refractivity contribution in [2.75, 3.05) is 0 Å². The van der Waals surface area contributed by atoms with Crippen LogP contribution in [0, 0.1) is 6.92 Å². The van der Waals surface area contributed by atoms with Crippen LogP contribution in [0.1, 0.15) is 24.0 Å². The zero-order chi connectivity index (χ0) is 17.9. The number of amides is 1. The summed E-state index contributed by atoms with van der Waals surface area (Å²) in [6.07, 6.45) is 1.09. The van der Waals surface area contributed by atoms with E-state index in [9.17, 15) is 19.5 Å². The van der Waals surface area contributed by atoms with E-state index in [4.69, 9.17) is 17.3 Å². The van der Waals surface area contributed by atoms with Crippen LogP contribution in [0.3, 0.4) is 0 Å². The van der Waals surface area contributed by atoms with Crippen molar-refractivity contribution in [1.29, 1.82) is 0 Å². The summed E-state index contributed by atoms with van der Waals surface area (Å²) in [6, 6.07) is 6.22. The van der Waals surface area contributed by atoms with Crippen molar-refractivity contribution in [3.8, 4) is 0 Å². The minimum absolute atomic E-state index is 0.121. The smallest absolute Gasteiger partial charge is 0.326 e. The number of carboxylic acids is 2. The second-order valence-corrected chi connectivity index (χ2v) is 6.92. The van der Waals surface area contributed by atoms with Gasteiger partial charge in [0, 0.05) is 6.42 Å². The fourth-order valence-electron chi connectivity index (χ4n) is 2.19. The lowest BCUT2D eigenvalue weighted by Crippen LogP contribution is -2.44. The molecule has 24 heavy (non-hydrogen) atoms. The average Bonchev–Trinajstić information content (AvgIpc) is 2.77. The van der Waals surface area contributed by atoms with Gasteiger partial charge in [0.25, 0.3) is 5.91 Å². The van der Waals surface area contributed by atoms with Gasteiger partial charge in [0.2, 0.25) is 0 Å². The lowest BCUT2D eigenvalue weighted by molar-refractivity contribution is -0.146. The molecule has 1 amide bonds. The molecule has 6 nitrogen and oxygen atoms in total. The molecular weight excluding hydrogens is 350 g/mol. The maximum Gasteiger partial charge on any atom is 0.326 e. The number of carboxylic acid groups (broad SMARTS) is 2. The van der Waals surface area contributed by atoms with E-state index in [1.54, 1.807) is 6.08 Å². The fourth-order valence-corrected chi connectivity index (χ4v) is 3.54. The molecule has 2 rings (SSSR count). The van der Waals surface area contributed by atoms with Crippen molar-refractivity contribution in [3.05, 3.63) is 40.3 Å². The van der Waals surface area contributed by atoms with Crippen LogP contribution in [0.4, 0.5) is 0 Å². The second-order valence-electron chi connectivity index (χ2n) is 5.25. The normalized spacial score (nSPS) is 17.4. The molecule has 0 bridgehead atoms. The molecule has 1 unspecified atom stereocenters. The van der Waals surface area contributed by atoms with Gasteiger partial charge in [-0.25, -0.2) is 4.79 Å². The first-order chi connectivity index (χ1) is 11.3. The van der Waals surface area contributed by atoms with Gasteiger partial charge in [-0.2, -0.15) is 0 Å². The molecule has 1 aliphatic heterocycles. The molecule has 0 aliphatic carbocycles. The molecule has 0 aromatic heterocycles. The van der Waals surface area contributed by atoms with Gasteiger partial charge in [-0.15, -0.1) is 0 Å². The van der Waals surface area contributed by atoms with Crippen LogP contribution in [0.5, 0.6) is 0 Å². The van der Waals surface area contributed by atoms with E-state index in [1.807, 2.05) is 31.2 Å². The highest BCUT2D eigenvalue weighted by Crippen LogP contribution is 2.34. The van der Waals surface area contributed by atoms with Crippen molar-refractivity contribution in [2.45, 2.75) is 25.8 Å². The summed E-state index contributed by atoms with van der Waals surface area (Å²) in [5, 5.41) is 18.1. The van der Waals surface area contributed by atoms with Crippen molar-refractivity contribution < 1.29 is 24.6 Å². The van der Waals surface area contributed by atoms with Gasteiger partial charge in [0.1, 0.15) is 10.4 Å². The highest BCUT2D eigenvalue weighted by molar-refractivity contribution is 8.26. The summed E-state index contributed by atoms with van der Waals surface area (Å²) in [7, 11) is 0. The average molecular weight is 365 g/mol. The van der Waals surface area contributed by atoms with Crippen LogP contribution in [-0.4, -0.2) is 43.3 Å². The molecule has 1 aromatic carbocycles. The maximum absolute atomic E-state index is 12.5. The molecule has 1 heterocycles. The van der Waals surface area contributed by atoms with Crippen molar-refractivity contribution >= 4 is 52.2 Å². The molecule has 126 valence electrons. The third-order valence-corrected chi connectivity index (χ3v) is 4.76. The predicted molar refractivity (Wildman–Crippen MR) is 94.5 cm³/mol. The highest BCUT2D eigenvalue weighted by Gasteiger charge is 2.40. The molecule has 1 saturated heterocycles. The van der Waals surface area contributed by atoms with E-state index >= 15 is 0 Å². The van der Waals surface area contributed by atoms with Gasteiger partial charge in [-0.1, -0.05) is 53.8 Å². The van der Waals surface area contributed by atoms with Gasteiger partial charge < -0.3 is 10.2 Å². The molecule has 0 saturated carbocycles.